The molecule has 0 heterocycles. The molecule has 0 rings (SSSR count). The van der Waals surface area contributed by atoms with Crippen LogP contribution in [0.25, 0.3) is 0 Å². The van der Waals surface area contributed by atoms with Crippen LogP contribution >= 0.6 is 7.92 Å². The van der Waals surface area contributed by atoms with E-state index < -0.39 is 0 Å². The Kier molecular flexibility index (Phi) is 9.44. The maximum atomic E-state index is 3.70. The van der Waals surface area contributed by atoms with Gasteiger partial charge in [0, 0.05) is 0 Å². The summed E-state index contributed by atoms with van der Waals surface area (Å²) in [5.74, 6) is 0. The fourth-order valence-electron chi connectivity index (χ4n) is 0. The minimum Gasteiger partial charge on any atom is -0.317 e. The molecule has 0 nitrogen and oxygen atoms in total. The van der Waals surface area contributed by atoms with E-state index in [1.165, 1.54) is 0 Å². The molecule has 0 saturated carbocycles. The third-order valence-corrected chi connectivity index (χ3v) is 0. The Morgan fingerprint density at radius 2 is 1.40 bits per heavy atom. The Morgan fingerprint density at radius 3 is 1.40 bits per heavy atom. The zero-order chi connectivity index (χ0) is 3.58. The van der Waals surface area contributed by atoms with Gasteiger partial charge in [-0.1, -0.05) is 13.3 Å². The number of rotatable bonds is 0. The molecule has 5 heavy (non-hydrogen) atoms. The molecule has 0 aromatic carbocycles. The second kappa shape index (κ2) is 5.03. The molecular weight excluding hydrogens is 73.9 g/mol. The Labute approximate surface area is 47.3 Å². The third kappa shape index (κ3) is 43.7. The molecular formula is C3H8LiP. The van der Waals surface area contributed by atoms with Gasteiger partial charge in [-0.25, -0.2) is 0 Å². The minimum atomic E-state index is 0. The van der Waals surface area contributed by atoms with Crippen LogP contribution in [0.4, 0.5) is 0 Å². The Hall–Kier alpha value is 1.03. The summed E-state index contributed by atoms with van der Waals surface area (Å²) in [6.45, 7) is 7.94. The molecule has 0 fully saturated rings. The van der Waals surface area contributed by atoms with E-state index in [1.54, 1.807) is 0 Å². The van der Waals surface area contributed by atoms with Gasteiger partial charge in [0.2, 0.25) is 0 Å². The van der Waals surface area contributed by atoms with Gasteiger partial charge in [-0.05, 0) is 0 Å². The first kappa shape index (κ1) is 9.39. The van der Waals surface area contributed by atoms with Crippen LogP contribution in [0, 0.1) is 6.66 Å². The van der Waals surface area contributed by atoms with Crippen LogP contribution in [0.3, 0.4) is 0 Å². The van der Waals surface area contributed by atoms with Gasteiger partial charge in [0.1, 0.15) is 0 Å². The summed E-state index contributed by atoms with van der Waals surface area (Å²) < 4.78 is 0. The van der Waals surface area contributed by atoms with E-state index in [2.05, 4.69) is 20.0 Å². The number of hydrogen-bond donors (Lipinski definition) is 0. The van der Waals surface area contributed by atoms with Gasteiger partial charge in [-0.15, -0.1) is 0 Å². The predicted octanol–water partition coefficient (Wildman–Crippen LogP) is -1.48. The molecule has 2 heteroatoms. The van der Waals surface area contributed by atoms with Crippen molar-refractivity contribution in [2.45, 2.75) is 0 Å². The van der Waals surface area contributed by atoms with E-state index in [4.69, 9.17) is 0 Å². The minimum absolute atomic E-state index is 0. The normalized spacial score (nSPS) is 7.20. The van der Waals surface area contributed by atoms with E-state index >= 15 is 0 Å². The van der Waals surface area contributed by atoms with E-state index in [9.17, 15) is 0 Å². The smallest absolute Gasteiger partial charge is 0.317 e. The molecule has 26 valence electrons. The first-order valence-corrected chi connectivity index (χ1v) is 3.63. The second-order valence-electron chi connectivity index (χ2n) is 1.08. The Morgan fingerprint density at radius 1 is 1.40 bits per heavy atom. The van der Waals surface area contributed by atoms with Gasteiger partial charge >= 0.3 is 18.9 Å². The Bertz CT molecular complexity index is 11.6. The molecule has 0 aromatic heterocycles. The van der Waals surface area contributed by atoms with E-state index in [0.29, 0.717) is 0 Å². The Balaban J connectivity index is 0. The molecule has 0 aliphatic rings. The summed E-state index contributed by atoms with van der Waals surface area (Å²) in [4.78, 5) is 0. The van der Waals surface area contributed by atoms with Crippen LogP contribution in [-0.2, 0) is 0 Å². The summed E-state index contributed by atoms with van der Waals surface area (Å²) in [5.41, 5.74) is 0. The average molecular weight is 82.0 g/mol. The van der Waals surface area contributed by atoms with Crippen molar-refractivity contribution in [1.29, 1.82) is 0 Å². The van der Waals surface area contributed by atoms with E-state index in [0.717, 1.165) is 0 Å². The monoisotopic (exact) mass is 82.1 g/mol. The third-order valence-electron chi connectivity index (χ3n) is 0. The van der Waals surface area contributed by atoms with E-state index in [-0.39, 0.29) is 26.8 Å². The van der Waals surface area contributed by atoms with Crippen molar-refractivity contribution >= 4 is 7.92 Å². The summed E-state index contributed by atoms with van der Waals surface area (Å²) in [5, 5.41) is 0. The molecule has 0 saturated heterocycles. The zero-order valence-electron chi connectivity index (χ0n) is 4.15. The standard InChI is InChI=1S/C3H8P.Li/c1-4(2)3;/h1H2,2-3H3;/q-1;+1. The molecule has 0 radical (unpaired) electrons. The molecule has 0 aromatic rings. The first-order valence-electron chi connectivity index (χ1n) is 1.21. The topological polar surface area (TPSA) is 0 Å². The molecule has 0 aliphatic heterocycles. The van der Waals surface area contributed by atoms with Gasteiger partial charge in [0.05, 0.1) is 0 Å². The van der Waals surface area contributed by atoms with Gasteiger partial charge < -0.3 is 6.66 Å². The summed E-state index contributed by atoms with van der Waals surface area (Å²) in [6, 6.07) is 0. The van der Waals surface area contributed by atoms with Crippen LogP contribution < -0.4 is 18.9 Å². The predicted molar refractivity (Wildman–Crippen MR) is 24.1 cm³/mol. The molecule has 0 N–H and O–H groups in total. The van der Waals surface area contributed by atoms with Crippen molar-refractivity contribution in [2.24, 2.45) is 0 Å². The zero-order valence-corrected chi connectivity index (χ0v) is 5.05. The second-order valence-corrected chi connectivity index (χ2v) is 3.24. The van der Waals surface area contributed by atoms with Crippen molar-refractivity contribution in [3.05, 3.63) is 6.66 Å². The van der Waals surface area contributed by atoms with Gasteiger partial charge in [-0.2, -0.15) is 0 Å². The fourth-order valence-corrected chi connectivity index (χ4v) is 0. The van der Waals surface area contributed by atoms with E-state index in [1.807, 2.05) is 0 Å². The molecule has 0 atom stereocenters. The van der Waals surface area contributed by atoms with Crippen molar-refractivity contribution < 1.29 is 18.9 Å². The van der Waals surface area contributed by atoms with Crippen LogP contribution in [0.15, 0.2) is 0 Å². The molecule has 0 bridgehead atoms. The van der Waals surface area contributed by atoms with Crippen LogP contribution in [0.2, 0.25) is 0 Å². The summed E-state index contributed by atoms with van der Waals surface area (Å²) >= 11 is 0. The van der Waals surface area contributed by atoms with Crippen LogP contribution in [0.1, 0.15) is 0 Å². The molecule has 0 spiro atoms. The molecule has 0 unspecified atom stereocenters. The maximum absolute atomic E-state index is 3.70. The van der Waals surface area contributed by atoms with Gasteiger partial charge in [-0.3, -0.25) is 7.92 Å². The first-order chi connectivity index (χ1) is 1.73. The summed E-state index contributed by atoms with van der Waals surface area (Å²) in [6.07, 6.45) is 0. The van der Waals surface area contributed by atoms with Crippen molar-refractivity contribution in [3.63, 3.8) is 0 Å². The van der Waals surface area contributed by atoms with Crippen LogP contribution in [-0.4, -0.2) is 13.3 Å². The van der Waals surface area contributed by atoms with Crippen LogP contribution in [0.5, 0.6) is 0 Å². The largest absolute Gasteiger partial charge is 1.00 e. The van der Waals surface area contributed by atoms with Crippen molar-refractivity contribution in [2.75, 3.05) is 13.3 Å². The SMILES string of the molecule is [CH2-]P(C)C.[Li+]. The van der Waals surface area contributed by atoms with Crippen molar-refractivity contribution in [1.82, 2.24) is 0 Å². The maximum Gasteiger partial charge on any atom is 1.00 e. The molecule has 0 amide bonds. The fraction of sp³-hybridized carbons (Fsp3) is 0.667. The number of hydrogen-bond acceptors (Lipinski definition) is 0. The van der Waals surface area contributed by atoms with Gasteiger partial charge in [0.15, 0.2) is 0 Å². The molecule has 0 aliphatic carbocycles. The average Bonchev–Trinajstić information content (AvgIpc) is 0.811. The quantitative estimate of drug-likeness (QED) is 0.190. The van der Waals surface area contributed by atoms with Crippen molar-refractivity contribution in [3.8, 4) is 0 Å². The summed E-state index contributed by atoms with van der Waals surface area (Å²) in [7, 11) is 0.130. The van der Waals surface area contributed by atoms with Gasteiger partial charge in [0.25, 0.3) is 0 Å².